The molecule has 2 aromatic rings. The van der Waals surface area contributed by atoms with Crippen LogP contribution in [-0.4, -0.2) is 50.7 Å². The number of hydrogen-bond donors (Lipinski definition) is 2. The van der Waals surface area contributed by atoms with Crippen LogP contribution in [0.4, 0.5) is 10.7 Å². The van der Waals surface area contributed by atoms with Crippen LogP contribution < -0.4 is 5.32 Å². The standard InChI is InChI=1S/C16H23N5O2/c1-16(2,3)23-15(22)21-9-5-6-11(10-21)18-14-19-12-7-4-8-17-13(12)20-14/h4,7-8,11H,5-6,9-10H2,1-3H3,(H2,17,18,19,20)/t11-/m1/s1. The van der Waals surface area contributed by atoms with E-state index in [1.807, 2.05) is 32.9 Å². The summed E-state index contributed by atoms with van der Waals surface area (Å²) in [5.74, 6) is 0.690. The lowest BCUT2D eigenvalue weighted by molar-refractivity contribution is 0.0206. The number of anilines is 1. The van der Waals surface area contributed by atoms with Crippen molar-refractivity contribution in [2.24, 2.45) is 0 Å². The van der Waals surface area contributed by atoms with E-state index in [4.69, 9.17) is 4.74 Å². The number of aromatic nitrogens is 3. The van der Waals surface area contributed by atoms with Crippen LogP contribution in [0.2, 0.25) is 0 Å². The number of ether oxygens (including phenoxy) is 1. The van der Waals surface area contributed by atoms with Gasteiger partial charge in [0.25, 0.3) is 0 Å². The van der Waals surface area contributed by atoms with Gasteiger partial charge in [0, 0.05) is 25.3 Å². The first-order chi connectivity index (χ1) is 10.9. The topological polar surface area (TPSA) is 83.1 Å². The van der Waals surface area contributed by atoms with E-state index in [1.165, 1.54) is 0 Å². The van der Waals surface area contributed by atoms with Gasteiger partial charge in [-0.2, -0.15) is 4.98 Å². The van der Waals surface area contributed by atoms with E-state index in [0.717, 1.165) is 24.9 Å². The number of rotatable bonds is 2. The SMILES string of the molecule is CC(C)(C)OC(=O)N1CCC[C@@H](Nc2nc3ncccc3[nH]2)C1. The van der Waals surface area contributed by atoms with Gasteiger partial charge in [-0.25, -0.2) is 9.78 Å². The van der Waals surface area contributed by atoms with Gasteiger partial charge in [0.15, 0.2) is 5.65 Å². The number of carbonyl (C=O) groups excluding carboxylic acids is 1. The number of likely N-dealkylation sites (tertiary alicyclic amines) is 1. The van der Waals surface area contributed by atoms with Crippen molar-refractivity contribution in [2.75, 3.05) is 18.4 Å². The van der Waals surface area contributed by atoms with Crippen LogP contribution in [0.15, 0.2) is 18.3 Å². The molecular weight excluding hydrogens is 294 g/mol. The molecule has 1 atom stereocenters. The number of carbonyl (C=O) groups is 1. The lowest BCUT2D eigenvalue weighted by Gasteiger charge is -2.34. The number of piperidine rings is 1. The average molecular weight is 317 g/mol. The summed E-state index contributed by atoms with van der Waals surface area (Å²) in [5.41, 5.74) is 1.12. The Bertz CT molecular complexity index is 658. The number of H-pyrrole nitrogens is 1. The van der Waals surface area contributed by atoms with E-state index in [0.29, 0.717) is 18.1 Å². The molecule has 23 heavy (non-hydrogen) atoms. The van der Waals surface area contributed by atoms with E-state index in [-0.39, 0.29) is 12.1 Å². The van der Waals surface area contributed by atoms with E-state index >= 15 is 0 Å². The van der Waals surface area contributed by atoms with Gasteiger partial charge in [0.2, 0.25) is 5.95 Å². The van der Waals surface area contributed by atoms with Gasteiger partial charge in [-0.15, -0.1) is 0 Å². The van der Waals surface area contributed by atoms with Crippen LogP contribution in [0.1, 0.15) is 33.6 Å². The van der Waals surface area contributed by atoms with Gasteiger partial charge in [-0.3, -0.25) is 0 Å². The molecule has 0 unspecified atom stereocenters. The summed E-state index contributed by atoms with van der Waals surface area (Å²) < 4.78 is 5.45. The highest BCUT2D eigenvalue weighted by atomic mass is 16.6. The normalized spacial score (nSPS) is 18.9. The number of amides is 1. The highest BCUT2D eigenvalue weighted by molar-refractivity contribution is 5.73. The van der Waals surface area contributed by atoms with Crippen molar-refractivity contribution in [2.45, 2.75) is 45.3 Å². The van der Waals surface area contributed by atoms with Crippen LogP contribution in [0, 0.1) is 0 Å². The molecule has 0 aliphatic carbocycles. The summed E-state index contributed by atoms with van der Waals surface area (Å²) in [5, 5.41) is 3.36. The Labute approximate surface area is 135 Å². The molecule has 0 saturated carbocycles. The van der Waals surface area contributed by atoms with Crippen LogP contribution in [0.25, 0.3) is 11.2 Å². The van der Waals surface area contributed by atoms with Crippen LogP contribution in [0.5, 0.6) is 0 Å². The number of nitrogens with one attached hydrogen (secondary N) is 2. The third kappa shape index (κ3) is 3.91. The minimum absolute atomic E-state index is 0.150. The van der Waals surface area contributed by atoms with E-state index < -0.39 is 5.60 Å². The Morgan fingerprint density at radius 1 is 1.48 bits per heavy atom. The lowest BCUT2D eigenvalue weighted by atomic mass is 10.1. The molecule has 0 aromatic carbocycles. The Kier molecular flexibility index (Phi) is 4.11. The lowest BCUT2D eigenvalue weighted by Crippen LogP contribution is -2.47. The molecular formula is C16H23N5O2. The first kappa shape index (κ1) is 15.6. The van der Waals surface area contributed by atoms with Gasteiger partial charge >= 0.3 is 6.09 Å². The zero-order valence-corrected chi connectivity index (χ0v) is 13.8. The maximum Gasteiger partial charge on any atom is 0.410 e. The molecule has 7 heteroatoms. The molecule has 124 valence electrons. The second-order valence-corrected chi connectivity index (χ2v) is 6.87. The Morgan fingerprint density at radius 2 is 2.30 bits per heavy atom. The average Bonchev–Trinajstić information content (AvgIpc) is 2.88. The zero-order valence-electron chi connectivity index (χ0n) is 13.8. The number of nitrogens with zero attached hydrogens (tertiary/aromatic N) is 3. The summed E-state index contributed by atoms with van der Waals surface area (Å²) in [4.78, 5) is 25.8. The minimum Gasteiger partial charge on any atom is -0.444 e. The van der Waals surface area contributed by atoms with Crippen molar-refractivity contribution < 1.29 is 9.53 Å². The first-order valence-corrected chi connectivity index (χ1v) is 7.96. The molecule has 1 aliphatic heterocycles. The fraction of sp³-hybridized carbons (Fsp3) is 0.562. The maximum atomic E-state index is 12.2. The molecule has 1 amide bonds. The first-order valence-electron chi connectivity index (χ1n) is 7.96. The highest BCUT2D eigenvalue weighted by Crippen LogP contribution is 2.18. The molecule has 3 heterocycles. The molecule has 1 fully saturated rings. The van der Waals surface area contributed by atoms with Crippen LogP contribution in [-0.2, 0) is 4.74 Å². The van der Waals surface area contributed by atoms with Gasteiger partial charge in [0.05, 0.1) is 5.52 Å². The van der Waals surface area contributed by atoms with Crippen LogP contribution in [0.3, 0.4) is 0 Å². The molecule has 3 rings (SSSR count). The number of aromatic amines is 1. The zero-order chi connectivity index (χ0) is 16.4. The number of pyridine rings is 1. The highest BCUT2D eigenvalue weighted by Gasteiger charge is 2.27. The molecule has 0 radical (unpaired) electrons. The molecule has 1 saturated heterocycles. The molecule has 0 spiro atoms. The van der Waals surface area contributed by atoms with Gasteiger partial charge in [0.1, 0.15) is 5.60 Å². The predicted octanol–water partition coefficient (Wildman–Crippen LogP) is 2.77. The van der Waals surface area contributed by atoms with E-state index in [2.05, 4.69) is 20.3 Å². The Balaban J connectivity index is 1.63. The van der Waals surface area contributed by atoms with Crippen molar-refractivity contribution in [3.05, 3.63) is 18.3 Å². The largest absolute Gasteiger partial charge is 0.444 e. The summed E-state index contributed by atoms with van der Waals surface area (Å²) in [6.07, 6.45) is 3.40. The van der Waals surface area contributed by atoms with Crippen molar-refractivity contribution in [1.82, 2.24) is 19.9 Å². The summed E-state index contributed by atoms with van der Waals surface area (Å²) in [6, 6.07) is 3.96. The number of imidazole rings is 1. The minimum atomic E-state index is -0.470. The second kappa shape index (κ2) is 6.06. The summed E-state index contributed by atoms with van der Waals surface area (Å²) in [7, 11) is 0. The molecule has 2 N–H and O–H groups in total. The number of fused-ring (bicyclic) bond motifs is 1. The van der Waals surface area contributed by atoms with Crippen molar-refractivity contribution >= 4 is 23.2 Å². The number of hydrogen-bond acceptors (Lipinski definition) is 5. The summed E-state index contributed by atoms with van der Waals surface area (Å²) >= 11 is 0. The molecule has 0 bridgehead atoms. The molecule has 2 aromatic heterocycles. The smallest absolute Gasteiger partial charge is 0.410 e. The van der Waals surface area contributed by atoms with Crippen molar-refractivity contribution in [3.63, 3.8) is 0 Å². The fourth-order valence-corrected chi connectivity index (χ4v) is 2.69. The molecule has 1 aliphatic rings. The fourth-order valence-electron chi connectivity index (χ4n) is 2.69. The predicted molar refractivity (Wildman–Crippen MR) is 88.3 cm³/mol. The van der Waals surface area contributed by atoms with Gasteiger partial charge < -0.3 is 19.9 Å². The van der Waals surface area contributed by atoms with Crippen LogP contribution >= 0.6 is 0 Å². The Hall–Kier alpha value is -2.31. The monoisotopic (exact) mass is 317 g/mol. The summed E-state index contributed by atoms with van der Waals surface area (Å²) in [6.45, 7) is 6.98. The molecule has 7 nitrogen and oxygen atoms in total. The van der Waals surface area contributed by atoms with Gasteiger partial charge in [-0.1, -0.05) is 0 Å². The van der Waals surface area contributed by atoms with E-state index in [9.17, 15) is 4.79 Å². The Morgan fingerprint density at radius 3 is 3.04 bits per heavy atom. The van der Waals surface area contributed by atoms with Gasteiger partial charge in [-0.05, 0) is 45.7 Å². The maximum absolute atomic E-state index is 12.2. The third-order valence-corrected chi connectivity index (χ3v) is 3.67. The third-order valence-electron chi connectivity index (χ3n) is 3.67. The van der Waals surface area contributed by atoms with Crippen molar-refractivity contribution in [3.8, 4) is 0 Å². The second-order valence-electron chi connectivity index (χ2n) is 6.87. The van der Waals surface area contributed by atoms with E-state index in [1.54, 1.807) is 11.1 Å². The quantitative estimate of drug-likeness (QED) is 0.890. The van der Waals surface area contributed by atoms with Crippen molar-refractivity contribution in [1.29, 1.82) is 0 Å².